The largest absolute Gasteiger partial charge is 0.368 e. The maximum atomic E-state index is 12.4. The van der Waals surface area contributed by atoms with Crippen molar-refractivity contribution in [3.63, 3.8) is 0 Å². The molecule has 3 aromatic rings. The number of carbonyl (C=O) groups is 1. The van der Waals surface area contributed by atoms with Gasteiger partial charge < -0.3 is 19.5 Å². The molecular formula is C19H22N6O. The number of hydrogen-bond acceptors (Lipinski definition) is 4. The number of nitrogens with zero attached hydrogens (tertiary/aromatic N) is 5. The van der Waals surface area contributed by atoms with Gasteiger partial charge in [0.2, 0.25) is 0 Å². The third-order valence-corrected chi connectivity index (χ3v) is 4.67. The van der Waals surface area contributed by atoms with Crippen molar-refractivity contribution in [3.05, 3.63) is 60.8 Å². The lowest BCUT2D eigenvalue weighted by molar-refractivity contribution is 0.194. The van der Waals surface area contributed by atoms with Crippen LogP contribution in [0.25, 0.3) is 5.65 Å². The number of pyridine rings is 2. The number of rotatable bonds is 4. The van der Waals surface area contributed by atoms with Crippen LogP contribution >= 0.6 is 0 Å². The minimum Gasteiger partial charge on any atom is -0.368 e. The van der Waals surface area contributed by atoms with Crippen molar-refractivity contribution in [3.8, 4) is 0 Å². The van der Waals surface area contributed by atoms with Crippen LogP contribution in [0.4, 0.5) is 10.5 Å². The SMILES string of the molecule is O=C(NCCc1cn2ccccc2n1)N1CCN(c2ccncc2)CC1. The Bertz CT molecular complexity index is 837. The van der Waals surface area contributed by atoms with E-state index in [9.17, 15) is 4.79 Å². The van der Waals surface area contributed by atoms with Crippen LogP contribution in [0.3, 0.4) is 0 Å². The number of carbonyl (C=O) groups excluding carboxylic acids is 1. The highest BCUT2D eigenvalue weighted by molar-refractivity contribution is 5.74. The van der Waals surface area contributed by atoms with Gasteiger partial charge in [-0.25, -0.2) is 9.78 Å². The zero-order valence-electron chi connectivity index (χ0n) is 14.6. The summed E-state index contributed by atoms with van der Waals surface area (Å²) in [6.07, 6.45) is 8.31. The van der Waals surface area contributed by atoms with Gasteiger partial charge in [0.05, 0.1) is 5.69 Å². The van der Waals surface area contributed by atoms with Crippen LogP contribution in [-0.2, 0) is 6.42 Å². The zero-order valence-corrected chi connectivity index (χ0v) is 14.6. The molecule has 0 aliphatic carbocycles. The van der Waals surface area contributed by atoms with Crippen molar-refractivity contribution >= 4 is 17.4 Å². The van der Waals surface area contributed by atoms with Gasteiger partial charge in [-0.15, -0.1) is 0 Å². The Hall–Kier alpha value is -3.09. The standard InChI is InChI=1S/C19H22N6O/c26-19(21-9-4-16-15-25-10-2-1-3-18(25)22-16)24-13-11-23(12-14-24)17-5-7-20-8-6-17/h1-3,5-8,10,15H,4,9,11-14H2,(H,21,26). The number of piperazine rings is 1. The summed E-state index contributed by atoms with van der Waals surface area (Å²) in [5, 5.41) is 3.01. The average Bonchev–Trinajstić information content (AvgIpc) is 3.11. The summed E-state index contributed by atoms with van der Waals surface area (Å²) in [5.41, 5.74) is 3.08. The van der Waals surface area contributed by atoms with Gasteiger partial charge in [0.1, 0.15) is 5.65 Å². The third-order valence-electron chi connectivity index (χ3n) is 4.67. The molecule has 0 spiro atoms. The van der Waals surface area contributed by atoms with E-state index in [1.54, 1.807) is 12.4 Å². The van der Waals surface area contributed by atoms with Crippen LogP contribution in [0.1, 0.15) is 5.69 Å². The number of amides is 2. The lowest BCUT2D eigenvalue weighted by Gasteiger charge is -2.36. The smallest absolute Gasteiger partial charge is 0.317 e. The number of imidazole rings is 1. The summed E-state index contributed by atoms with van der Waals surface area (Å²) < 4.78 is 2.00. The van der Waals surface area contributed by atoms with E-state index >= 15 is 0 Å². The van der Waals surface area contributed by atoms with Crippen molar-refractivity contribution < 1.29 is 4.79 Å². The average molecular weight is 350 g/mol. The predicted octanol–water partition coefficient (Wildman–Crippen LogP) is 1.80. The van der Waals surface area contributed by atoms with E-state index in [0.29, 0.717) is 6.54 Å². The normalized spacial score (nSPS) is 14.6. The van der Waals surface area contributed by atoms with E-state index in [0.717, 1.165) is 49.6 Å². The second-order valence-corrected chi connectivity index (χ2v) is 6.36. The molecule has 1 fully saturated rings. The Morgan fingerprint density at radius 1 is 1.08 bits per heavy atom. The Balaban J connectivity index is 1.24. The molecule has 7 nitrogen and oxygen atoms in total. The van der Waals surface area contributed by atoms with Crippen LogP contribution in [0.2, 0.25) is 0 Å². The highest BCUT2D eigenvalue weighted by Gasteiger charge is 2.20. The Kier molecular flexibility index (Phi) is 4.68. The van der Waals surface area contributed by atoms with Gasteiger partial charge in [-0.3, -0.25) is 4.98 Å². The summed E-state index contributed by atoms with van der Waals surface area (Å²) in [6.45, 7) is 3.71. The molecule has 134 valence electrons. The van der Waals surface area contributed by atoms with E-state index in [-0.39, 0.29) is 6.03 Å². The molecule has 3 aromatic heterocycles. The molecule has 1 aliphatic heterocycles. The molecule has 0 unspecified atom stereocenters. The first kappa shape index (κ1) is 16.4. The van der Waals surface area contributed by atoms with E-state index in [4.69, 9.17) is 0 Å². The minimum atomic E-state index is 0.00291. The summed E-state index contributed by atoms with van der Waals surface area (Å²) >= 11 is 0. The molecule has 1 N–H and O–H groups in total. The number of fused-ring (bicyclic) bond motifs is 1. The van der Waals surface area contributed by atoms with E-state index in [2.05, 4.69) is 20.2 Å². The second kappa shape index (κ2) is 7.43. The Morgan fingerprint density at radius 3 is 2.65 bits per heavy atom. The van der Waals surface area contributed by atoms with Crippen molar-refractivity contribution in [1.82, 2.24) is 24.6 Å². The fourth-order valence-electron chi connectivity index (χ4n) is 3.24. The fraction of sp³-hybridized carbons (Fsp3) is 0.316. The van der Waals surface area contributed by atoms with Gasteiger partial charge in [-0.2, -0.15) is 0 Å². The highest BCUT2D eigenvalue weighted by Crippen LogP contribution is 2.14. The number of aromatic nitrogens is 3. The minimum absolute atomic E-state index is 0.00291. The van der Waals surface area contributed by atoms with Crippen LogP contribution < -0.4 is 10.2 Å². The predicted molar refractivity (Wildman–Crippen MR) is 100 cm³/mol. The Labute approximate surface area is 152 Å². The second-order valence-electron chi connectivity index (χ2n) is 6.36. The lowest BCUT2D eigenvalue weighted by Crippen LogP contribution is -2.52. The molecule has 4 rings (SSSR count). The molecular weight excluding hydrogens is 328 g/mol. The number of urea groups is 1. The topological polar surface area (TPSA) is 65.8 Å². The zero-order chi connectivity index (χ0) is 17.8. The summed E-state index contributed by atoms with van der Waals surface area (Å²) in [6, 6.07) is 9.94. The van der Waals surface area contributed by atoms with E-state index in [1.165, 1.54) is 0 Å². The quantitative estimate of drug-likeness (QED) is 0.779. The molecule has 0 radical (unpaired) electrons. The molecule has 0 atom stereocenters. The maximum Gasteiger partial charge on any atom is 0.317 e. The third kappa shape index (κ3) is 3.61. The highest BCUT2D eigenvalue weighted by atomic mass is 16.2. The van der Waals surface area contributed by atoms with Gasteiger partial charge >= 0.3 is 6.03 Å². The molecule has 0 bridgehead atoms. The molecule has 7 heteroatoms. The van der Waals surface area contributed by atoms with E-state index < -0.39 is 0 Å². The van der Waals surface area contributed by atoms with Gasteiger partial charge in [0.25, 0.3) is 0 Å². The van der Waals surface area contributed by atoms with Crippen molar-refractivity contribution in [2.24, 2.45) is 0 Å². The first-order chi connectivity index (χ1) is 12.8. The molecule has 26 heavy (non-hydrogen) atoms. The van der Waals surface area contributed by atoms with Gasteiger partial charge in [0, 0.05) is 69.6 Å². The molecule has 1 aliphatic rings. The lowest BCUT2D eigenvalue weighted by atomic mass is 10.2. The summed E-state index contributed by atoms with van der Waals surface area (Å²) in [7, 11) is 0. The fourth-order valence-corrected chi connectivity index (χ4v) is 3.24. The number of hydrogen-bond donors (Lipinski definition) is 1. The van der Waals surface area contributed by atoms with Crippen molar-refractivity contribution in [1.29, 1.82) is 0 Å². The first-order valence-electron chi connectivity index (χ1n) is 8.90. The van der Waals surface area contributed by atoms with Gasteiger partial charge in [-0.1, -0.05) is 6.07 Å². The van der Waals surface area contributed by atoms with Crippen LogP contribution in [-0.4, -0.2) is 58.0 Å². The number of nitrogens with one attached hydrogen (secondary N) is 1. The summed E-state index contributed by atoms with van der Waals surface area (Å²) in [5.74, 6) is 0. The maximum absolute atomic E-state index is 12.4. The summed E-state index contributed by atoms with van der Waals surface area (Å²) in [4.78, 5) is 25.1. The van der Waals surface area contributed by atoms with Gasteiger partial charge in [0.15, 0.2) is 0 Å². The number of anilines is 1. The molecule has 4 heterocycles. The first-order valence-corrected chi connectivity index (χ1v) is 8.90. The van der Waals surface area contributed by atoms with Crippen LogP contribution in [0.5, 0.6) is 0 Å². The molecule has 1 saturated heterocycles. The van der Waals surface area contributed by atoms with Gasteiger partial charge in [-0.05, 0) is 24.3 Å². The molecule has 0 aromatic carbocycles. The van der Waals surface area contributed by atoms with E-state index in [1.807, 2.05) is 52.0 Å². The van der Waals surface area contributed by atoms with Crippen LogP contribution in [0, 0.1) is 0 Å². The monoisotopic (exact) mass is 350 g/mol. The van der Waals surface area contributed by atoms with Crippen LogP contribution in [0.15, 0.2) is 55.1 Å². The Morgan fingerprint density at radius 2 is 1.88 bits per heavy atom. The van der Waals surface area contributed by atoms with Crippen molar-refractivity contribution in [2.45, 2.75) is 6.42 Å². The molecule has 0 saturated carbocycles. The molecule has 2 amide bonds. The van der Waals surface area contributed by atoms with Crippen molar-refractivity contribution in [2.75, 3.05) is 37.6 Å².